The van der Waals surface area contributed by atoms with Gasteiger partial charge in [-0.05, 0) is 85.9 Å². The van der Waals surface area contributed by atoms with Gasteiger partial charge in [0.05, 0.1) is 17.8 Å². The molecule has 0 aliphatic heterocycles. The number of hydrogen-bond donors (Lipinski definition) is 3. The van der Waals surface area contributed by atoms with E-state index in [1.54, 1.807) is 0 Å². The van der Waals surface area contributed by atoms with E-state index in [0.717, 1.165) is 44.9 Å². The zero-order valence-corrected chi connectivity index (χ0v) is 15.2. The highest BCUT2D eigenvalue weighted by Gasteiger charge is 2.69. The second-order valence-electron chi connectivity index (χ2n) is 10.7. The molecule has 132 valence electrons. The van der Waals surface area contributed by atoms with Crippen molar-refractivity contribution in [2.75, 3.05) is 0 Å². The third kappa shape index (κ3) is 2.05. The highest BCUT2D eigenvalue weighted by Crippen LogP contribution is 2.72. The third-order valence-electron chi connectivity index (χ3n) is 8.57. The van der Waals surface area contributed by atoms with Gasteiger partial charge in [0, 0.05) is 0 Å². The second kappa shape index (κ2) is 4.53. The van der Waals surface area contributed by atoms with Crippen LogP contribution in [0.3, 0.4) is 0 Å². The zero-order valence-electron chi connectivity index (χ0n) is 15.2. The fourth-order valence-electron chi connectivity index (χ4n) is 8.51. The van der Waals surface area contributed by atoms with Crippen LogP contribution in [-0.4, -0.2) is 33.1 Å². The Balaban J connectivity index is 1.79. The SMILES string of the molecule is CC1(C)CC(O)CC2(C)C1C(O)CC13CC(CCC12)C(C)(O)C3. The molecule has 3 heteroatoms. The lowest BCUT2D eigenvalue weighted by molar-refractivity contribution is -0.216. The van der Waals surface area contributed by atoms with Crippen molar-refractivity contribution in [3.63, 3.8) is 0 Å². The van der Waals surface area contributed by atoms with Gasteiger partial charge < -0.3 is 15.3 Å². The molecular weight excluding hydrogens is 288 g/mol. The summed E-state index contributed by atoms with van der Waals surface area (Å²) in [6.07, 6.45) is 6.08. The van der Waals surface area contributed by atoms with E-state index < -0.39 is 5.60 Å². The van der Waals surface area contributed by atoms with Gasteiger partial charge in [0.2, 0.25) is 0 Å². The molecule has 0 aromatic carbocycles. The van der Waals surface area contributed by atoms with Crippen LogP contribution in [0.25, 0.3) is 0 Å². The molecule has 4 fully saturated rings. The van der Waals surface area contributed by atoms with Crippen molar-refractivity contribution in [3.05, 3.63) is 0 Å². The summed E-state index contributed by atoms with van der Waals surface area (Å²) in [5.41, 5.74) is -0.514. The summed E-state index contributed by atoms with van der Waals surface area (Å²) in [6.45, 7) is 8.81. The molecule has 8 unspecified atom stereocenters. The van der Waals surface area contributed by atoms with Crippen LogP contribution < -0.4 is 0 Å². The molecule has 4 rings (SSSR count). The van der Waals surface area contributed by atoms with Gasteiger partial charge in [0.15, 0.2) is 0 Å². The summed E-state index contributed by atoms with van der Waals surface area (Å²) in [4.78, 5) is 0. The fourth-order valence-corrected chi connectivity index (χ4v) is 8.51. The standard InChI is InChI=1S/C20H34O3/c1-17(2)8-13(21)9-18(3)15-6-5-12-7-20(15,11-19(12,4)23)10-14(22)16(17)18/h12-16,21-23H,5-11H2,1-4H3. The Morgan fingerprint density at radius 2 is 1.57 bits per heavy atom. The van der Waals surface area contributed by atoms with E-state index in [2.05, 4.69) is 20.8 Å². The second-order valence-corrected chi connectivity index (χ2v) is 10.7. The highest BCUT2D eigenvalue weighted by atomic mass is 16.3. The molecule has 23 heavy (non-hydrogen) atoms. The molecule has 0 aromatic rings. The van der Waals surface area contributed by atoms with Crippen LogP contribution in [0.1, 0.15) is 72.6 Å². The predicted octanol–water partition coefficient (Wildman–Crippen LogP) is 3.11. The van der Waals surface area contributed by atoms with Gasteiger partial charge in [-0.15, -0.1) is 0 Å². The van der Waals surface area contributed by atoms with E-state index in [1.807, 2.05) is 6.92 Å². The normalized spacial score (nSPS) is 60.9. The average molecular weight is 322 g/mol. The molecule has 4 aliphatic carbocycles. The van der Waals surface area contributed by atoms with E-state index in [4.69, 9.17) is 0 Å². The van der Waals surface area contributed by atoms with Crippen LogP contribution >= 0.6 is 0 Å². The number of rotatable bonds is 0. The Kier molecular flexibility index (Phi) is 3.22. The van der Waals surface area contributed by atoms with Crippen molar-refractivity contribution in [1.29, 1.82) is 0 Å². The van der Waals surface area contributed by atoms with Crippen LogP contribution in [0.2, 0.25) is 0 Å². The van der Waals surface area contributed by atoms with Crippen molar-refractivity contribution < 1.29 is 15.3 Å². The Bertz CT molecular complexity index is 513. The van der Waals surface area contributed by atoms with E-state index >= 15 is 0 Å². The summed E-state index contributed by atoms with van der Waals surface area (Å²) in [6, 6.07) is 0. The molecule has 8 atom stereocenters. The van der Waals surface area contributed by atoms with Crippen LogP contribution in [0.15, 0.2) is 0 Å². The third-order valence-corrected chi connectivity index (χ3v) is 8.57. The highest BCUT2D eigenvalue weighted by molar-refractivity contribution is 5.18. The van der Waals surface area contributed by atoms with E-state index in [-0.39, 0.29) is 34.4 Å². The van der Waals surface area contributed by atoms with Crippen molar-refractivity contribution >= 4 is 0 Å². The molecule has 0 saturated heterocycles. The maximum absolute atomic E-state index is 11.2. The lowest BCUT2D eigenvalue weighted by atomic mass is 9.40. The first-order chi connectivity index (χ1) is 10.5. The van der Waals surface area contributed by atoms with Gasteiger partial charge in [-0.3, -0.25) is 0 Å². The Labute approximate surface area is 140 Å². The smallest absolute Gasteiger partial charge is 0.0653 e. The van der Waals surface area contributed by atoms with Gasteiger partial charge >= 0.3 is 0 Å². The van der Waals surface area contributed by atoms with Crippen LogP contribution in [-0.2, 0) is 0 Å². The van der Waals surface area contributed by atoms with E-state index in [9.17, 15) is 15.3 Å². The molecule has 4 aliphatic rings. The summed E-state index contributed by atoms with van der Waals surface area (Å²) in [5.74, 6) is 1.19. The van der Waals surface area contributed by atoms with Crippen LogP contribution in [0, 0.1) is 34.0 Å². The lowest BCUT2D eigenvalue weighted by Gasteiger charge is -2.66. The van der Waals surface area contributed by atoms with Gasteiger partial charge in [-0.1, -0.05) is 20.8 Å². The molecule has 3 nitrogen and oxygen atoms in total. The largest absolute Gasteiger partial charge is 0.393 e. The molecule has 0 aromatic heterocycles. The van der Waals surface area contributed by atoms with Gasteiger partial charge in [-0.25, -0.2) is 0 Å². The Morgan fingerprint density at radius 3 is 2.26 bits per heavy atom. The molecule has 1 spiro atoms. The van der Waals surface area contributed by atoms with Crippen molar-refractivity contribution in [3.8, 4) is 0 Å². The molecular formula is C20H34O3. The predicted molar refractivity (Wildman–Crippen MR) is 89.7 cm³/mol. The molecule has 3 N–H and O–H groups in total. The first-order valence-electron chi connectivity index (χ1n) is 9.59. The Morgan fingerprint density at radius 1 is 0.870 bits per heavy atom. The minimum Gasteiger partial charge on any atom is -0.393 e. The molecule has 2 bridgehead atoms. The first-order valence-corrected chi connectivity index (χ1v) is 9.59. The van der Waals surface area contributed by atoms with Gasteiger partial charge in [0.25, 0.3) is 0 Å². The summed E-state index contributed by atoms with van der Waals surface area (Å²) in [7, 11) is 0. The fraction of sp³-hybridized carbons (Fsp3) is 1.00. The van der Waals surface area contributed by atoms with Crippen molar-refractivity contribution in [2.45, 2.75) is 90.4 Å². The summed E-state index contributed by atoms with van der Waals surface area (Å²) >= 11 is 0. The topological polar surface area (TPSA) is 60.7 Å². The zero-order chi connectivity index (χ0) is 16.8. The van der Waals surface area contributed by atoms with Gasteiger partial charge in [-0.2, -0.15) is 0 Å². The summed E-state index contributed by atoms with van der Waals surface area (Å²) < 4.78 is 0. The van der Waals surface area contributed by atoms with E-state index in [0.29, 0.717) is 11.8 Å². The lowest BCUT2D eigenvalue weighted by Crippen LogP contribution is -2.63. The number of hydrogen-bond acceptors (Lipinski definition) is 3. The molecule has 0 amide bonds. The maximum Gasteiger partial charge on any atom is 0.0653 e. The molecule has 0 heterocycles. The Hall–Kier alpha value is -0.120. The van der Waals surface area contributed by atoms with Crippen molar-refractivity contribution in [1.82, 2.24) is 0 Å². The number of aliphatic hydroxyl groups excluding tert-OH is 2. The summed E-state index contributed by atoms with van der Waals surface area (Å²) in [5, 5.41) is 32.6. The molecule has 0 radical (unpaired) electrons. The minimum atomic E-state index is -0.569. The van der Waals surface area contributed by atoms with Crippen molar-refractivity contribution in [2.24, 2.45) is 34.0 Å². The van der Waals surface area contributed by atoms with E-state index in [1.165, 1.54) is 0 Å². The van der Waals surface area contributed by atoms with Gasteiger partial charge in [0.1, 0.15) is 0 Å². The monoisotopic (exact) mass is 322 g/mol. The van der Waals surface area contributed by atoms with Crippen LogP contribution in [0.5, 0.6) is 0 Å². The molecule has 4 saturated carbocycles. The average Bonchev–Trinajstić information content (AvgIpc) is 2.51. The minimum absolute atomic E-state index is 0.00970. The van der Waals surface area contributed by atoms with Crippen LogP contribution in [0.4, 0.5) is 0 Å². The maximum atomic E-state index is 11.2. The number of aliphatic hydroxyl groups is 3. The number of fused-ring (bicyclic) bond motifs is 3. The first kappa shape index (κ1) is 16.4. The quantitative estimate of drug-likeness (QED) is 0.642.